The van der Waals surface area contributed by atoms with Crippen LogP contribution in [0.4, 0.5) is 13.2 Å². The molecular formula is C20H11F3N2O3. The number of hydrogen-bond donors (Lipinski definition) is 0. The van der Waals surface area contributed by atoms with Crippen LogP contribution in [0.1, 0.15) is 21.5 Å². The summed E-state index contributed by atoms with van der Waals surface area (Å²) in [5.41, 5.74) is -0.307. The molecule has 2 aromatic carbocycles. The van der Waals surface area contributed by atoms with Gasteiger partial charge >= 0.3 is 12.1 Å². The number of nitriles is 1. The summed E-state index contributed by atoms with van der Waals surface area (Å²) in [5.74, 6) is -0.0973. The second-order valence-corrected chi connectivity index (χ2v) is 5.54. The SMILES string of the molecule is N#Cc1cccc(C(=O)Oc2ccc(Oc3ccc(C(F)(F)F)cn3)cc2)c1. The van der Waals surface area contributed by atoms with Crippen molar-refractivity contribution >= 4 is 5.97 Å². The molecule has 0 aliphatic heterocycles. The summed E-state index contributed by atoms with van der Waals surface area (Å²) in [5, 5.41) is 8.86. The van der Waals surface area contributed by atoms with Crippen molar-refractivity contribution in [3.8, 4) is 23.4 Å². The van der Waals surface area contributed by atoms with Gasteiger partial charge in [-0.2, -0.15) is 18.4 Å². The normalized spacial score (nSPS) is 10.8. The zero-order valence-corrected chi connectivity index (χ0v) is 14.1. The van der Waals surface area contributed by atoms with Gasteiger partial charge in [0.15, 0.2) is 0 Å². The van der Waals surface area contributed by atoms with Gasteiger partial charge in [-0.3, -0.25) is 0 Å². The van der Waals surface area contributed by atoms with Crippen LogP contribution in [0.5, 0.6) is 17.4 Å². The molecule has 3 rings (SSSR count). The molecule has 0 N–H and O–H groups in total. The Morgan fingerprint density at radius 1 is 1.00 bits per heavy atom. The highest BCUT2D eigenvalue weighted by molar-refractivity contribution is 5.91. The van der Waals surface area contributed by atoms with Gasteiger partial charge in [-0.05, 0) is 48.5 Å². The number of ether oxygens (including phenoxy) is 2. The third-order valence-corrected chi connectivity index (χ3v) is 3.55. The minimum atomic E-state index is -4.47. The number of nitrogens with zero attached hydrogens (tertiary/aromatic N) is 2. The van der Waals surface area contributed by atoms with Crippen LogP contribution in [0.3, 0.4) is 0 Å². The van der Waals surface area contributed by atoms with Crippen LogP contribution in [0.15, 0.2) is 66.9 Å². The van der Waals surface area contributed by atoms with Crippen molar-refractivity contribution in [2.45, 2.75) is 6.18 Å². The fourth-order valence-corrected chi connectivity index (χ4v) is 2.19. The summed E-state index contributed by atoms with van der Waals surface area (Å²) >= 11 is 0. The Morgan fingerprint density at radius 3 is 2.32 bits per heavy atom. The van der Waals surface area contributed by atoms with Crippen LogP contribution in [0.25, 0.3) is 0 Å². The molecule has 8 heteroatoms. The second-order valence-electron chi connectivity index (χ2n) is 5.54. The number of pyridine rings is 1. The van der Waals surface area contributed by atoms with Crippen molar-refractivity contribution in [3.63, 3.8) is 0 Å². The number of carbonyl (C=O) groups excluding carboxylic acids is 1. The van der Waals surface area contributed by atoms with Gasteiger partial charge < -0.3 is 9.47 Å². The second kappa shape index (κ2) is 7.80. The highest BCUT2D eigenvalue weighted by Gasteiger charge is 2.30. The quantitative estimate of drug-likeness (QED) is 0.468. The Bertz CT molecular complexity index is 1020. The first-order valence-corrected chi connectivity index (χ1v) is 7.89. The molecule has 0 aliphatic carbocycles. The van der Waals surface area contributed by atoms with E-state index in [9.17, 15) is 18.0 Å². The fourth-order valence-electron chi connectivity index (χ4n) is 2.19. The van der Waals surface area contributed by atoms with E-state index in [2.05, 4.69) is 4.98 Å². The van der Waals surface area contributed by atoms with E-state index >= 15 is 0 Å². The first-order valence-electron chi connectivity index (χ1n) is 7.89. The highest BCUT2D eigenvalue weighted by Crippen LogP contribution is 2.30. The molecule has 140 valence electrons. The van der Waals surface area contributed by atoms with Crippen LogP contribution in [-0.4, -0.2) is 11.0 Å². The van der Waals surface area contributed by atoms with Gasteiger partial charge in [0, 0.05) is 12.3 Å². The van der Waals surface area contributed by atoms with E-state index in [1.54, 1.807) is 12.1 Å². The molecule has 0 radical (unpaired) electrons. The van der Waals surface area contributed by atoms with E-state index in [0.717, 1.165) is 12.1 Å². The van der Waals surface area contributed by atoms with E-state index in [1.165, 1.54) is 36.4 Å². The summed E-state index contributed by atoms with van der Waals surface area (Å²) in [6.45, 7) is 0. The van der Waals surface area contributed by atoms with Gasteiger partial charge in [0.2, 0.25) is 5.88 Å². The van der Waals surface area contributed by atoms with Crippen molar-refractivity contribution in [3.05, 3.63) is 83.6 Å². The summed E-state index contributed by atoms with van der Waals surface area (Å²) in [6, 6.07) is 15.9. The number of rotatable bonds is 4. The van der Waals surface area contributed by atoms with Crippen LogP contribution in [-0.2, 0) is 6.18 Å². The van der Waals surface area contributed by atoms with Crippen molar-refractivity contribution in [1.29, 1.82) is 5.26 Å². The first kappa shape index (κ1) is 18.9. The number of aromatic nitrogens is 1. The van der Waals surface area contributed by atoms with E-state index in [4.69, 9.17) is 14.7 Å². The third kappa shape index (κ3) is 4.65. The summed E-state index contributed by atoms with van der Waals surface area (Å²) in [7, 11) is 0. The van der Waals surface area contributed by atoms with Crippen molar-refractivity contribution in [2.24, 2.45) is 0 Å². The Hall–Kier alpha value is -3.86. The maximum Gasteiger partial charge on any atom is 0.417 e. The predicted molar refractivity (Wildman–Crippen MR) is 91.9 cm³/mol. The smallest absolute Gasteiger partial charge is 0.417 e. The van der Waals surface area contributed by atoms with Gasteiger partial charge in [0.05, 0.1) is 22.8 Å². The molecule has 0 spiro atoms. The molecular weight excluding hydrogens is 373 g/mol. The summed E-state index contributed by atoms with van der Waals surface area (Å²) < 4.78 is 48.1. The van der Waals surface area contributed by atoms with E-state index in [-0.39, 0.29) is 17.2 Å². The number of hydrogen-bond acceptors (Lipinski definition) is 5. The number of benzene rings is 2. The van der Waals surface area contributed by atoms with Crippen LogP contribution in [0.2, 0.25) is 0 Å². The molecule has 0 saturated carbocycles. The summed E-state index contributed by atoms with van der Waals surface area (Å²) in [6.07, 6.45) is -3.79. The molecule has 0 bridgehead atoms. The van der Waals surface area contributed by atoms with E-state index in [0.29, 0.717) is 17.5 Å². The van der Waals surface area contributed by atoms with Gasteiger partial charge in [0.25, 0.3) is 0 Å². The lowest BCUT2D eigenvalue weighted by atomic mass is 10.1. The maximum absolute atomic E-state index is 12.5. The topological polar surface area (TPSA) is 72.2 Å². The molecule has 0 fully saturated rings. The van der Waals surface area contributed by atoms with E-state index < -0.39 is 17.7 Å². The van der Waals surface area contributed by atoms with Crippen molar-refractivity contribution < 1.29 is 27.4 Å². The predicted octanol–water partition coefficient (Wildman–Crippen LogP) is 4.98. The Balaban J connectivity index is 1.65. The minimum Gasteiger partial charge on any atom is -0.439 e. The largest absolute Gasteiger partial charge is 0.439 e. The average molecular weight is 384 g/mol. The monoisotopic (exact) mass is 384 g/mol. The highest BCUT2D eigenvalue weighted by atomic mass is 19.4. The zero-order valence-electron chi connectivity index (χ0n) is 14.1. The van der Waals surface area contributed by atoms with Crippen molar-refractivity contribution in [2.75, 3.05) is 0 Å². The molecule has 3 aromatic rings. The van der Waals surface area contributed by atoms with Crippen molar-refractivity contribution in [1.82, 2.24) is 4.98 Å². The molecule has 0 unspecified atom stereocenters. The van der Waals surface area contributed by atoms with Gasteiger partial charge in [-0.25, -0.2) is 9.78 Å². The molecule has 0 atom stereocenters. The summed E-state index contributed by atoms with van der Waals surface area (Å²) in [4.78, 5) is 15.7. The Labute approximate surface area is 157 Å². The zero-order chi connectivity index (χ0) is 20.1. The number of carbonyl (C=O) groups is 1. The third-order valence-electron chi connectivity index (χ3n) is 3.55. The van der Waals surface area contributed by atoms with Gasteiger partial charge in [-0.1, -0.05) is 6.07 Å². The van der Waals surface area contributed by atoms with E-state index in [1.807, 2.05) is 6.07 Å². The van der Waals surface area contributed by atoms with Gasteiger partial charge in [0.1, 0.15) is 11.5 Å². The molecule has 0 amide bonds. The molecule has 1 aromatic heterocycles. The van der Waals surface area contributed by atoms with Crippen LogP contribution < -0.4 is 9.47 Å². The average Bonchev–Trinajstić information content (AvgIpc) is 2.69. The fraction of sp³-hybridized carbons (Fsp3) is 0.0500. The lowest BCUT2D eigenvalue weighted by molar-refractivity contribution is -0.137. The number of alkyl halides is 3. The lowest BCUT2D eigenvalue weighted by Crippen LogP contribution is -2.08. The Morgan fingerprint density at radius 2 is 1.71 bits per heavy atom. The van der Waals surface area contributed by atoms with Gasteiger partial charge in [-0.15, -0.1) is 0 Å². The lowest BCUT2D eigenvalue weighted by Gasteiger charge is -2.09. The number of esters is 1. The standard InChI is InChI=1S/C20H11F3N2O3/c21-20(22,23)15-4-9-18(25-12-15)27-16-5-7-17(8-6-16)28-19(26)14-3-1-2-13(10-14)11-24/h1-10,12H. The molecule has 28 heavy (non-hydrogen) atoms. The Kier molecular flexibility index (Phi) is 5.27. The molecule has 0 saturated heterocycles. The first-order chi connectivity index (χ1) is 13.3. The molecule has 1 heterocycles. The van der Waals surface area contributed by atoms with Crippen LogP contribution >= 0.6 is 0 Å². The minimum absolute atomic E-state index is 0.00827. The molecule has 0 aliphatic rings. The number of halogens is 3. The molecule has 5 nitrogen and oxygen atoms in total. The maximum atomic E-state index is 12.5. The van der Waals surface area contributed by atoms with Crippen LogP contribution in [0, 0.1) is 11.3 Å².